The summed E-state index contributed by atoms with van der Waals surface area (Å²) in [7, 11) is 3.06. The highest BCUT2D eigenvalue weighted by Crippen LogP contribution is 2.45. The van der Waals surface area contributed by atoms with Crippen LogP contribution in [-0.2, 0) is 11.2 Å². The minimum Gasteiger partial charge on any atom is -0.497 e. The fourth-order valence-corrected chi connectivity index (χ4v) is 5.03. The summed E-state index contributed by atoms with van der Waals surface area (Å²) in [6.45, 7) is 4.05. The molecule has 2 aromatic carbocycles. The minimum atomic E-state index is -0.361. The lowest BCUT2D eigenvalue weighted by molar-refractivity contribution is 0.175. The normalized spacial score (nSPS) is 18.1. The lowest BCUT2D eigenvalue weighted by atomic mass is 9.92. The molecule has 1 fully saturated rings. The van der Waals surface area contributed by atoms with E-state index in [0.717, 1.165) is 72.6 Å². The van der Waals surface area contributed by atoms with Crippen molar-refractivity contribution < 1.29 is 19.0 Å². The Morgan fingerprint density at radius 3 is 2.49 bits per heavy atom. The van der Waals surface area contributed by atoms with E-state index in [1.54, 1.807) is 12.0 Å². The number of hydrogen-bond acceptors (Lipinski definition) is 6. The zero-order chi connectivity index (χ0) is 24.4. The largest absolute Gasteiger partial charge is 0.497 e. The van der Waals surface area contributed by atoms with E-state index >= 15 is 0 Å². The molecule has 2 aliphatic rings. The summed E-state index contributed by atoms with van der Waals surface area (Å²) in [5.74, 6) is 2.22. The third-order valence-electron chi connectivity index (χ3n) is 6.99. The van der Waals surface area contributed by atoms with Crippen molar-refractivity contribution in [1.29, 1.82) is 0 Å². The number of aromatic nitrogens is 2. The van der Waals surface area contributed by atoms with Crippen LogP contribution in [0.5, 0.6) is 17.2 Å². The summed E-state index contributed by atoms with van der Waals surface area (Å²) >= 11 is 0. The van der Waals surface area contributed by atoms with Crippen molar-refractivity contribution in [3.63, 3.8) is 0 Å². The molecule has 1 aromatic heterocycles. The van der Waals surface area contributed by atoms with Gasteiger partial charge in [-0.2, -0.15) is 5.10 Å². The Bertz CT molecular complexity index is 1180. The Balaban J connectivity index is 1.58. The van der Waals surface area contributed by atoms with Crippen LogP contribution in [0.15, 0.2) is 48.8 Å². The van der Waals surface area contributed by atoms with Gasteiger partial charge in [0.25, 0.3) is 0 Å². The number of amides is 1. The van der Waals surface area contributed by atoms with Gasteiger partial charge in [-0.05, 0) is 82.1 Å². The third kappa shape index (κ3) is 4.58. The van der Waals surface area contributed by atoms with Crippen molar-refractivity contribution in [2.24, 2.45) is 0 Å². The summed E-state index contributed by atoms with van der Waals surface area (Å²) in [5, 5.41) is 8.11. The molecule has 0 spiro atoms. The van der Waals surface area contributed by atoms with Crippen molar-refractivity contribution in [3.05, 3.63) is 54.4 Å². The number of rotatable bonds is 5. The molecule has 0 aliphatic carbocycles. The van der Waals surface area contributed by atoms with Gasteiger partial charge in [-0.1, -0.05) is 0 Å². The van der Waals surface area contributed by atoms with E-state index in [-0.39, 0.29) is 12.1 Å². The van der Waals surface area contributed by atoms with Crippen LogP contribution in [0.3, 0.4) is 0 Å². The van der Waals surface area contributed by atoms with Gasteiger partial charge < -0.3 is 19.5 Å². The summed E-state index contributed by atoms with van der Waals surface area (Å²) < 4.78 is 19.0. The van der Waals surface area contributed by atoms with Crippen molar-refractivity contribution in [3.8, 4) is 28.4 Å². The van der Waals surface area contributed by atoms with Crippen molar-refractivity contribution >= 4 is 11.8 Å². The fraction of sp³-hybridized carbons (Fsp3) is 0.407. The summed E-state index contributed by atoms with van der Waals surface area (Å²) in [4.78, 5) is 14.4. The first-order chi connectivity index (χ1) is 17.1. The van der Waals surface area contributed by atoms with Crippen LogP contribution in [0.2, 0.25) is 0 Å². The summed E-state index contributed by atoms with van der Waals surface area (Å²) in [6.07, 6.45) is 7.40. The van der Waals surface area contributed by atoms with Crippen LogP contribution >= 0.6 is 0 Å². The first-order valence-corrected chi connectivity index (χ1v) is 12.2. The zero-order valence-electron chi connectivity index (χ0n) is 20.5. The fourth-order valence-electron chi connectivity index (χ4n) is 5.03. The molecule has 0 radical (unpaired) electrons. The van der Waals surface area contributed by atoms with E-state index in [9.17, 15) is 4.79 Å². The number of ether oxygens (including phenoxy) is 3. The van der Waals surface area contributed by atoms with E-state index in [1.165, 1.54) is 7.11 Å². The van der Waals surface area contributed by atoms with Crippen LogP contribution in [0.25, 0.3) is 11.1 Å². The number of benzene rings is 2. The standard InChI is InChI=1S/C27H32N4O4/c1-18-4-9-24-25(31(18)27(32)34-3)11-10-23(26(24)35-22-7-5-21(33-2)6-8-22)19-16-29-30(17-19)20-12-14-28-15-13-20/h5-8,10-11,16-18,20,28H,4,9,12-15H2,1-3H3/t18-/m0/s1. The molecular weight excluding hydrogens is 444 g/mol. The minimum absolute atomic E-state index is 0.0392. The highest BCUT2D eigenvalue weighted by atomic mass is 16.5. The SMILES string of the molecule is COC(=O)N1c2ccc(-c3cnn(C4CCNCC4)c3)c(Oc3ccc(OC)cc3)c2CC[C@@H]1C. The van der Waals surface area contributed by atoms with Crippen LogP contribution in [0.1, 0.15) is 37.8 Å². The Kier molecular flexibility index (Phi) is 6.63. The number of fused-ring (bicyclic) bond motifs is 1. The lowest BCUT2D eigenvalue weighted by Gasteiger charge is -2.35. The average Bonchev–Trinajstić information content (AvgIpc) is 3.39. The van der Waals surface area contributed by atoms with E-state index in [0.29, 0.717) is 11.8 Å². The molecule has 5 rings (SSSR count). The monoisotopic (exact) mass is 476 g/mol. The van der Waals surface area contributed by atoms with Gasteiger partial charge in [-0.15, -0.1) is 0 Å². The number of methoxy groups -OCH3 is 2. The average molecular weight is 477 g/mol. The van der Waals surface area contributed by atoms with E-state index in [1.807, 2.05) is 49.5 Å². The van der Waals surface area contributed by atoms with E-state index < -0.39 is 0 Å². The molecule has 3 aromatic rings. The molecule has 1 saturated heterocycles. The Labute approximate surface area is 205 Å². The lowest BCUT2D eigenvalue weighted by Crippen LogP contribution is -2.42. The molecule has 0 bridgehead atoms. The van der Waals surface area contributed by atoms with Gasteiger partial charge >= 0.3 is 6.09 Å². The maximum atomic E-state index is 12.6. The van der Waals surface area contributed by atoms with Crippen LogP contribution < -0.4 is 19.7 Å². The molecule has 0 saturated carbocycles. The number of carbonyl (C=O) groups is 1. The predicted molar refractivity (Wildman–Crippen MR) is 135 cm³/mol. The second-order valence-corrected chi connectivity index (χ2v) is 9.14. The van der Waals surface area contributed by atoms with Crippen LogP contribution in [-0.4, -0.2) is 49.2 Å². The second kappa shape index (κ2) is 10.00. The van der Waals surface area contributed by atoms with Gasteiger partial charge in [-0.25, -0.2) is 4.79 Å². The predicted octanol–water partition coefficient (Wildman–Crippen LogP) is 5.18. The maximum absolute atomic E-state index is 12.6. The van der Waals surface area contributed by atoms with Gasteiger partial charge in [0.2, 0.25) is 0 Å². The van der Waals surface area contributed by atoms with Gasteiger partial charge in [0.1, 0.15) is 17.2 Å². The topological polar surface area (TPSA) is 77.9 Å². The molecule has 1 N–H and O–H groups in total. The molecule has 2 aliphatic heterocycles. The van der Waals surface area contributed by atoms with E-state index in [4.69, 9.17) is 19.3 Å². The third-order valence-corrected chi connectivity index (χ3v) is 6.99. The number of nitrogens with zero attached hydrogens (tertiary/aromatic N) is 3. The number of piperidine rings is 1. The molecular formula is C27H32N4O4. The smallest absolute Gasteiger partial charge is 0.414 e. The van der Waals surface area contributed by atoms with Crippen molar-refractivity contribution in [1.82, 2.24) is 15.1 Å². The molecule has 3 heterocycles. The molecule has 0 unspecified atom stereocenters. The van der Waals surface area contributed by atoms with Gasteiger partial charge in [0.15, 0.2) is 0 Å². The molecule has 1 amide bonds. The quantitative estimate of drug-likeness (QED) is 0.547. The first-order valence-electron chi connectivity index (χ1n) is 12.2. The number of anilines is 1. The van der Waals surface area contributed by atoms with Crippen LogP contribution in [0.4, 0.5) is 10.5 Å². The van der Waals surface area contributed by atoms with Gasteiger partial charge in [0.05, 0.1) is 32.1 Å². The Morgan fingerprint density at radius 1 is 1.03 bits per heavy atom. The highest BCUT2D eigenvalue weighted by Gasteiger charge is 2.32. The molecule has 8 nitrogen and oxygen atoms in total. The number of hydrogen-bond donors (Lipinski definition) is 1. The molecule has 1 atom stereocenters. The molecule has 8 heteroatoms. The van der Waals surface area contributed by atoms with Gasteiger partial charge in [-0.3, -0.25) is 9.58 Å². The molecule has 35 heavy (non-hydrogen) atoms. The number of nitrogens with one attached hydrogen (secondary N) is 1. The van der Waals surface area contributed by atoms with Crippen molar-refractivity contribution in [2.45, 2.75) is 44.7 Å². The second-order valence-electron chi connectivity index (χ2n) is 9.14. The highest BCUT2D eigenvalue weighted by molar-refractivity contribution is 5.92. The summed E-state index contributed by atoms with van der Waals surface area (Å²) in [5.41, 5.74) is 3.78. The van der Waals surface area contributed by atoms with E-state index in [2.05, 4.69) is 16.2 Å². The first kappa shape index (κ1) is 23.2. The maximum Gasteiger partial charge on any atom is 0.414 e. The van der Waals surface area contributed by atoms with Crippen molar-refractivity contribution in [2.75, 3.05) is 32.2 Å². The molecule has 184 valence electrons. The number of carbonyl (C=O) groups excluding carboxylic acids is 1. The zero-order valence-corrected chi connectivity index (χ0v) is 20.5. The van der Waals surface area contributed by atoms with Gasteiger partial charge in [0, 0.05) is 28.9 Å². The van der Waals surface area contributed by atoms with Crippen LogP contribution in [0, 0.1) is 0 Å². The Hall–Kier alpha value is -3.52. The Morgan fingerprint density at radius 2 is 1.77 bits per heavy atom. The summed E-state index contributed by atoms with van der Waals surface area (Å²) in [6, 6.07) is 12.0.